The van der Waals surface area contributed by atoms with Gasteiger partial charge in [0.25, 0.3) is 11.8 Å². The Balaban J connectivity index is 1.07. The van der Waals surface area contributed by atoms with E-state index in [1.807, 2.05) is 54.6 Å². The number of ether oxygens (including phenoxy) is 2. The number of hydrogen-bond acceptors (Lipinski definition) is 9. The Bertz CT molecular complexity index is 2060. The molecule has 13 nitrogen and oxygen atoms in total. The second kappa shape index (κ2) is 16.5. The number of benzene rings is 2. The van der Waals surface area contributed by atoms with Gasteiger partial charge in [-0.05, 0) is 99.6 Å². The predicted molar refractivity (Wildman–Crippen MR) is 215 cm³/mol. The van der Waals surface area contributed by atoms with E-state index in [-0.39, 0.29) is 49.8 Å². The summed E-state index contributed by atoms with van der Waals surface area (Å²) < 4.78 is 39.3. The van der Waals surface area contributed by atoms with Crippen molar-refractivity contribution in [1.82, 2.24) is 19.8 Å². The van der Waals surface area contributed by atoms with Gasteiger partial charge in [-0.15, -0.1) is 0 Å². The Morgan fingerprint density at radius 1 is 0.897 bits per heavy atom. The lowest BCUT2D eigenvalue weighted by Gasteiger charge is -2.32. The lowest BCUT2D eigenvalue weighted by molar-refractivity contribution is -0.154. The fraction of sp³-hybridized carbons (Fsp3) is 0.568. The van der Waals surface area contributed by atoms with Crippen molar-refractivity contribution < 1.29 is 41.9 Å². The van der Waals surface area contributed by atoms with Crippen LogP contribution < -0.4 is 14.8 Å². The van der Waals surface area contributed by atoms with Crippen molar-refractivity contribution in [2.45, 2.75) is 106 Å². The van der Waals surface area contributed by atoms with E-state index in [0.717, 1.165) is 61.8 Å². The maximum atomic E-state index is 14.8. The minimum absolute atomic E-state index is 0.0853. The van der Waals surface area contributed by atoms with Crippen LogP contribution in [0.4, 0.5) is 0 Å². The average molecular weight is 815 g/mol. The number of allylic oxidation sites excluding steroid dienone is 1. The summed E-state index contributed by atoms with van der Waals surface area (Å²) >= 11 is 0. The van der Waals surface area contributed by atoms with Crippen LogP contribution in [-0.2, 0) is 33.9 Å². The summed E-state index contributed by atoms with van der Waals surface area (Å²) in [5, 5.41) is 2.35. The van der Waals surface area contributed by atoms with E-state index < -0.39 is 62.4 Å². The average Bonchev–Trinajstić information content (AvgIpc) is 4.03. The molecule has 6 atom stereocenters. The number of nitrogens with zero attached hydrogens (tertiary/aromatic N) is 2. The summed E-state index contributed by atoms with van der Waals surface area (Å²) in [6.07, 6.45) is 12.0. The molecule has 0 radical (unpaired) electrons. The minimum atomic E-state index is -3.90. The maximum Gasteiger partial charge on any atom is 0.306 e. The molecular weight excluding hydrogens is 761 g/mol. The SMILES string of the molecule is COc1ccc(-c2cccc(C(=O)N3C[C@H]4CN5C(=O)[C@@H](CC(=O)OC6CCCC6)CCCCC/C=C\[C@@H]6C[C@@]6(C(=O)NS(=O)(=O)C6CC6)NC(=O)[C@@H]5[C@H]4C3)c2)cc1. The van der Waals surface area contributed by atoms with Gasteiger partial charge in [-0.2, -0.15) is 0 Å². The molecule has 3 heterocycles. The molecule has 5 fully saturated rings. The van der Waals surface area contributed by atoms with Crippen LogP contribution in [0.1, 0.15) is 93.8 Å². The number of carbonyl (C=O) groups excluding carboxylic acids is 5. The summed E-state index contributed by atoms with van der Waals surface area (Å²) in [7, 11) is -2.29. The largest absolute Gasteiger partial charge is 0.497 e. The second-order valence-corrected chi connectivity index (χ2v) is 19.1. The normalized spacial score (nSPS) is 29.6. The van der Waals surface area contributed by atoms with E-state index in [2.05, 4.69) is 10.0 Å². The summed E-state index contributed by atoms with van der Waals surface area (Å²) in [5.41, 5.74) is 0.786. The van der Waals surface area contributed by atoms with Gasteiger partial charge in [0.15, 0.2) is 0 Å². The van der Waals surface area contributed by atoms with Crippen molar-refractivity contribution in [2.75, 3.05) is 26.7 Å². The standard InChI is InChI=1S/C44H54N4O9S/c1-56-34-18-16-28(17-19-34)29-11-9-12-30(22-29)41(51)47-25-32-26-48-39(37(32)27-47)40(50)45-44(43(53)46-58(54,55)36-20-21-36)24-33(44)13-6-4-2-3-5-10-31(42(48)52)23-38(49)57-35-14-7-8-15-35/h6,9,11-13,16-19,22,31-33,35-37,39H,2-5,7-8,10,14-15,20-21,23-27H2,1H3,(H,45,50)(H,46,53)/b13-6-/t31-,32+,33-,37+,39+,44-/m1/s1. The topological polar surface area (TPSA) is 168 Å². The van der Waals surface area contributed by atoms with E-state index in [1.165, 1.54) is 0 Å². The highest BCUT2D eigenvalue weighted by Crippen LogP contribution is 2.47. The molecule has 3 saturated carbocycles. The lowest BCUT2D eigenvalue weighted by atomic mass is 9.92. The first-order valence-electron chi connectivity index (χ1n) is 21.0. The van der Waals surface area contributed by atoms with Crippen molar-refractivity contribution >= 4 is 39.6 Å². The number of nitrogens with one attached hydrogen (secondary N) is 2. The zero-order chi connectivity index (χ0) is 40.6. The number of rotatable bonds is 9. The van der Waals surface area contributed by atoms with Gasteiger partial charge in [-0.25, -0.2) is 8.42 Å². The molecule has 0 unspecified atom stereocenters. The Labute approximate surface area is 340 Å². The number of sulfonamides is 1. The summed E-state index contributed by atoms with van der Waals surface area (Å²) in [6.45, 7) is 0.712. The van der Waals surface area contributed by atoms with Gasteiger partial charge in [-0.3, -0.25) is 28.7 Å². The number of methoxy groups -OCH3 is 1. The van der Waals surface area contributed by atoms with Crippen LogP contribution in [-0.4, -0.2) is 97.5 Å². The molecule has 14 heteroatoms. The predicted octanol–water partition coefficient (Wildman–Crippen LogP) is 4.76. The fourth-order valence-corrected chi connectivity index (χ4v) is 11.0. The first kappa shape index (κ1) is 40.1. The van der Waals surface area contributed by atoms with Crippen molar-refractivity contribution in [2.24, 2.45) is 23.7 Å². The molecule has 4 amide bonds. The highest BCUT2D eigenvalue weighted by molar-refractivity contribution is 7.91. The lowest BCUT2D eigenvalue weighted by Crippen LogP contribution is -2.58. The molecule has 8 rings (SSSR count). The molecule has 2 aromatic carbocycles. The van der Waals surface area contributed by atoms with E-state index in [9.17, 15) is 32.4 Å². The van der Waals surface area contributed by atoms with Gasteiger partial charge in [0.2, 0.25) is 21.8 Å². The third-order valence-electron chi connectivity index (χ3n) is 13.2. The summed E-state index contributed by atoms with van der Waals surface area (Å²) in [6, 6.07) is 13.9. The van der Waals surface area contributed by atoms with Gasteiger partial charge < -0.3 is 24.6 Å². The molecule has 2 aromatic rings. The zero-order valence-corrected chi connectivity index (χ0v) is 33.9. The van der Waals surface area contributed by atoms with Crippen molar-refractivity contribution in [3.05, 3.63) is 66.2 Å². The molecule has 0 bridgehead atoms. The van der Waals surface area contributed by atoms with Gasteiger partial charge in [0, 0.05) is 48.9 Å². The van der Waals surface area contributed by atoms with Crippen LogP contribution in [0.2, 0.25) is 0 Å². The van der Waals surface area contributed by atoms with E-state index in [1.54, 1.807) is 23.0 Å². The van der Waals surface area contributed by atoms with Crippen LogP contribution in [0.15, 0.2) is 60.7 Å². The number of esters is 1. The molecule has 3 aliphatic carbocycles. The molecule has 0 spiro atoms. The smallest absolute Gasteiger partial charge is 0.306 e. The fourth-order valence-electron chi connectivity index (χ4n) is 9.61. The third-order valence-corrected chi connectivity index (χ3v) is 15.0. The highest BCUT2D eigenvalue weighted by Gasteiger charge is 2.63. The highest BCUT2D eigenvalue weighted by atomic mass is 32.2. The third kappa shape index (κ3) is 8.39. The van der Waals surface area contributed by atoms with Gasteiger partial charge in [0.1, 0.15) is 23.4 Å². The monoisotopic (exact) mass is 814 g/mol. The van der Waals surface area contributed by atoms with Crippen molar-refractivity contribution in [1.29, 1.82) is 0 Å². The molecule has 2 N–H and O–H groups in total. The first-order valence-corrected chi connectivity index (χ1v) is 22.6. The second-order valence-electron chi connectivity index (χ2n) is 17.2. The molecular formula is C44H54N4O9S. The van der Waals surface area contributed by atoms with Crippen LogP contribution in [0.3, 0.4) is 0 Å². The molecule has 3 aliphatic heterocycles. The Kier molecular flexibility index (Phi) is 11.4. The Hall–Kier alpha value is -4.72. The van der Waals surface area contributed by atoms with Gasteiger partial charge in [0.05, 0.1) is 18.8 Å². The molecule has 58 heavy (non-hydrogen) atoms. The maximum absolute atomic E-state index is 14.8. The van der Waals surface area contributed by atoms with Crippen molar-refractivity contribution in [3.8, 4) is 16.9 Å². The Morgan fingerprint density at radius 3 is 2.40 bits per heavy atom. The van der Waals surface area contributed by atoms with Crippen LogP contribution >= 0.6 is 0 Å². The number of hydrogen-bond donors (Lipinski definition) is 2. The number of carbonyl (C=O) groups is 5. The first-order chi connectivity index (χ1) is 28.0. The molecule has 6 aliphatic rings. The van der Waals surface area contributed by atoms with Gasteiger partial charge >= 0.3 is 5.97 Å². The Morgan fingerprint density at radius 2 is 1.66 bits per heavy atom. The van der Waals surface area contributed by atoms with Crippen LogP contribution in [0.25, 0.3) is 11.1 Å². The summed E-state index contributed by atoms with van der Waals surface area (Å²) in [4.78, 5) is 74.1. The molecule has 2 saturated heterocycles. The molecule has 0 aromatic heterocycles. The van der Waals surface area contributed by atoms with Gasteiger partial charge in [-0.1, -0.05) is 49.3 Å². The quantitative estimate of drug-likeness (QED) is 0.268. The van der Waals surface area contributed by atoms with E-state index in [0.29, 0.717) is 37.8 Å². The number of amides is 4. The minimum Gasteiger partial charge on any atom is -0.497 e. The van der Waals surface area contributed by atoms with E-state index in [4.69, 9.17) is 9.47 Å². The zero-order valence-electron chi connectivity index (χ0n) is 33.1. The summed E-state index contributed by atoms with van der Waals surface area (Å²) in [5.74, 6) is -3.33. The molecule has 310 valence electrons. The van der Waals surface area contributed by atoms with Crippen LogP contribution in [0, 0.1) is 23.7 Å². The van der Waals surface area contributed by atoms with Crippen molar-refractivity contribution in [3.63, 3.8) is 0 Å². The number of fused-ring (bicyclic) bond motifs is 4. The number of likely N-dealkylation sites (tertiary alicyclic amines) is 1. The van der Waals surface area contributed by atoms with E-state index >= 15 is 0 Å². The van der Waals surface area contributed by atoms with Crippen LogP contribution in [0.5, 0.6) is 5.75 Å².